The second kappa shape index (κ2) is 8.44. The molecule has 4 aliphatic carbocycles. The van der Waals surface area contributed by atoms with Gasteiger partial charge in [0.2, 0.25) is 11.8 Å². The summed E-state index contributed by atoms with van der Waals surface area (Å²) in [6.45, 7) is 0.446. The lowest BCUT2D eigenvalue weighted by molar-refractivity contribution is -0.124. The number of anilines is 1. The monoisotopic (exact) mass is 491 g/mol. The van der Waals surface area contributed by atoms with Gasteiger partial charge in [0.15, 0.2) is 0 Å². The SMILES string of the molecule is O=C(Oc1ccc(OCc2ccccc2)cc1)c1cccc(N2C(=O)[C@@H]3[C@H]4C=C[C@@H]([C@@H]5C[C@H]45)[C@H]3C2=O)c1. The number of hydrogen-bond donors (Lipinski definition) is 0. The van der Waals surface area contributed by atoms with Crippen LogP contribution in [0.15, 0.2) is 91.0 Å². The van der Waals surface area contributed by atoms with Crippen LogP contribution in [0.3, 0.4) is 0 Å². The van der Waals surface area contributed by atoms with E-state index in [1.54, 1.807) is 48.5 Å². The lowest BCUT2D eigenvalue weighted by Gasteiger charge is -2.37. The van der Waals surface area contributed by atoms with E-state index in [4.69, 9.17) is 9.47 Å². The highest BCUT2D eigenvalue weighted by Crippen LogP contribution is 2.65. The molecular formula is C31H25NO5. The van der Waals surface area contributed by atoms with E-state index in [2.05, 4.69) is 12.2 Å². The van der Waals surface area contributed by atoms with E-state index in [1.807, 2.05) is 30.3 Å². The quantitative estimate of drug-likeness (QED) is 0.209. The van der Waals surface area contributed by atoms with Crippen LogP contribution in [0.4, 0.5) is 5.69 Å². The Morgan fingerprint density at radius 3 is 2.11 bits per heavy atom. The van der Waals surface area contributed by atoms with Crippen molar-refractivity contribution in [2.45, 2.75) is 13.0 Å². The van der Waals surface area contributed by atoms with Crippen molar-refractivity contribution in [3.05, 3.63) is 102 Å². The van der Waals surface area contributed by atoms with Gasteiger partial charge < -0.3 is 9.47 Å². The predicted octanol–water partition coefficient (Wildman–Crippen LogP) is 5.04. The first kappa shape index (κ1) is 22.0. The molecule has 37 heavy (non-hydrogen) atoms. The maximum absolute atomic E-state index is 13.4. The van der Waals surface area contributed by atoms with Gasteiger partial charge in [-0.2, -0.15) is 0 Å². The summed E-state index contributed by atoms with van der Waals surface area (Å²) in [6.07, 6.45) is 5.43. The summed E-state index contributed by atoms with van der Waals surface area (Å²) in [5, 5.41) is 0. The number of allylic oxidation sites excluding steroid dienone is 2. The predicted molar refractivity (Wildman–Crippen MR) is 136 cm³/mol. The molecule has 6 heteroatoms. The van der Waals surface area contributed by atoms with Gasteiger partial charge in [0.05, 0.1) is 23.1 Å². The minimum Gasteiger partial charge on any atom is -0.489 e. The highest BCUT2D eigenvalue weighted by atomic mass is 16.5. The van der Waals surface area contributed by atoms with Gasteiger partial charge in [-0.15, -0.1) is 0 Å². The summed E-state index contributed by atoms with van der Waals surface area (Å²) in [5.74, 6) is 1.07. The topological polar surface area (TPSA) is 72.9 Å². The molecule has 3 aromatic rings. The first-order valence-electron chi connectivity index (χ1n) is 12.7. The van der Waals surface area contributed by atoms with Crippen LogP contribution >= 0.6 is 0 Å². The summed E-state index contributed by atoms with van der Waals surface area (Å²) >= 11 is 0. The van der Waals surface area contributed by atoms with Crippen molar-refractivity contribution in [2.75, 3.05) is 4.90 Å². The average Bonchev–Trinajstić information content (AvgIpc) is 3.71. The van der Waals surface area contributed by atoms with Gasteiger partial charge in [0.25, 0.3) is 0 Å². The molecule has 0 unspecified atom stereocenters. The lowest BCUT2D eigenvalue weighted by Crippen LogP contribution is -2.40. The third kappa shape index (κ3) is 3.67. The van der Waals surface area contributed by atoms with Gasteiger partial charge >= 0.3 is 5.97 Å². The van der Waals surface area contributed by atoms with Crippen molar-refractivity contribution in [1.82, 2.24) is 0 Å². The largest absolute Gasteiger partial charge is 0.489 e. The van der Waals surface area contributed by atoms with E-state index >= 15 is 0 Å². The molecule has 1 heterocycles. The fourth-order valence-electron chi connectivity index (χ4n) is 6.49. The number of esters is 1. The molecule has 184 valence electrons. The van der Waals surface area contributed by atoms with Gasteiger partial charge in [0.1, 0.15) is 18.1 Å². The Labute approximate surface area is 214 Å². The van der Waals surface area contributed by atoms with Crippen LogP contribution < -0.4 is 14.4 Å². The summed E-state index contributed by atoms with van der Waals surface area (Å²) < 4.78 is 11.3. The molecule has 2 bridgehead atoms. The van der Waals surface area contributed by atoms with Crippen LogP contribution in [-0.4, -0.2) is 17.8 Å². The molecule has 2 saturated carbocycles. The molecule has 3 fully saturated rings. The maximum atomic E-state index is 13.4. The maximum Gasteiger partial charge on any atom is 0.343 e. The number of amides is 2. The second-order valence-corrected chi connectivity index (χ2v) is 10.4. The standard InChI is InChI=1S/C31H25NO5/c33-29-27-23-13-14-24(26-16-25(23)26)28(27)30(34)32(29)20-8-4-7-19(15-20)31(35)37-22-11-9-21(10-12-22)36-17-18-5-2-1-3-6-18/h1-15,23-28H,16-17H2/t23-,24-,25-,26+,27+,28+/m0/s1. The van der Waals surface area contributed by atoms with E-state index in [0.717, 1.165) is 12.0 Å². The summed E-state index contributed by atoms with van der Waals surface area (Å²) in [6, 6.07) is 23.3. The zero-order valence-electron chi connectivity index (χ0n) is 20.0. The smallest absolute Gasteiger partial charge is 0.343 e. The number of carbonyl (C=O) groups is 3. The molecule has 5 aliphatic rings. The zero-order valence-corrected chi connectivity index (χ0v) is 20.0. The van der Waals surface area contributed by atoms with Gasteiger partial charge in [-0.3, -0.25) is 9.59 Å². The minimum atomic E-state index is -0.556. The van der Waals surface area contributed by atoms with E-state index in [-0.39, 0.29) is 41.0 Å². The average molecular weight is 492 g/mol. The van der Waals surface area contributed by atoms with Crippen LogP contribution in [0, 0.1) is 35.5 Å². The van der Waals surface area contributed by atoms with Crippen LogP contribution in [0.25, 0.3) is 0 Å². The Morgan fingerprint density at radius 1 is 0.784 bits per heavy atom. The third-order valence-corrected chi connectivity index (χ3v) is 8.29. The molecule has 1 aliphatic heterocycles. The number of hydrogen-bond acceptors (Lipinski definition) is 5. The van der Waals surface area contributed by atoms with Crippen LogP contribution in [-0.2, 0) is 16.2 Å². The number of imide groups is 1. The summed E-state index contributed by atoms with van der Waals surface area (Å²) in [5.41, 5.74) is 1.77. The van der Waals surface area contributed by atoms with E-state index in [9.17, 15) is 14.4 Å². The normalized spacial score (nSPS) is 28.6. The van der Waals surface area contributed by atoms with Crippen LogP contribution in [0.1, 0.15) is 22.3 Å². The molecule has 2 amide bonds. The molecule has 0 spiro atoms. The fourth-order valence-corrected chi connectivity index (χ4v) is 6.49. The van der Waals surface area contributed by atoms with Gasteiger partial charge in [-0.25, -0.2) is 9.69 Å². The Kier molecular flexibility index (Phi) is 5.03. The van der Waals surface area contributed by atoms with Gasteiger partial charge in [-0.1, -0.05) is 48.6 Å². The Bertz CT molecular complexity index is 1390. The molecular weight excluding hydrogens is 466 g/mol. The molecule has 6 nitrogen and oxygen atoms in total. The van der Waals surface area contributed by atoms with Crippen LogP contribution in [0.2, 0.25) is 0 Å². The number of rotatable bonds is 6. The molecule has 6 atom stereocenters. The molecule has 0 aromatic heterocycles. The van der Waals surface area contributed by atoms with Gasteiger partial charge in [-0.05, 0) is 78.1 Å². The number of benzene rings is 3. The molecule has 3 aromatic carbocycles. The number of ether oxygens (including phenoxy) is 2. The first-order valence-corrected chi connectivity index (χ1v) is 12.7. The van der Waals surface area contributed by atoms with Crippen LogP contribution in [0.5, 0.6) is 11.5 Å². The lowest BCUT2D eigenvalue weighted by atomic mass is 9.63. The summed E-state index contributed by atoms with van der Waals surface area (Å²) in [7, 11) is 0. The Morgan fingerprint density at radius 2 is 1.43 bits per heavy atom. The highest BCUT2D eigenvalue weighted by molar-refractivity contribution is 6.23. The Balaban J connectivity index is 1.04. The first-order chi connectivity index (χ1) is 18.1. The van der Waals surface area contributed by atoms with Crippen molar-refractivity contribution in [3.63, 3.8) is 0 Å². The molecule has 0 radical (unpaired) electrons. The Hall–Kier alpha value is -4.19. The van der Waals surface area contributed by atoms with Crippen molar-refractivity contribution >= 4 is 23.5 Å². The van der Waals surface area contributed by atoms with Crippen molar-refractivity contribution in [3.8, 4) is 11.5 Å². The van der Waals surface area contributed by atoms with E-state index in [1.165, 1.54) is 4.90 Å². The molecule has 8 rings (SSSR count). The van der Waals surface area contributed by atoms with Crippen molar-refractivity contribution in [2.24, 2.45) is 35.5 Å². The van der Waals surface area contributed by atoms with Crippen molar-refractivity contribution < 1.29 is 23.9 Å². The van der Waals surface area contributed by atoms with Crippen molar-refractivity contribution in [1.29, 1.82) is 0 Å². The number of nitrogens with zero attached hydrogens (tertiary/aromatic N) is 1. The highest BCUT2D eigenvalue weighted by Gasteiger charge is 2.67. The summed E-state index contributed by atoms with van der Waals surface area (Å²) in [4.78, 5) is 41.0. The van der Waals surface area contributed by atoms with E-state index in [0.29, 0.717) is 35.6 Å². The minimum absolute atomic E-state index is 0.142. The molecule has 0 N–H and O–H groups in total. The third-order valence-electron chi connectivity index (χ3n) is 8.29. The van der Waals surface area contributed by atoms with Gasteiger partial charge in [0, 0.05) is 0 Å². The number of carbonyl (C=O) groups excluding carboxylic acids is 3. The second-order valence-electron chi connectivity index (χ2n) is 10.4. The molecule has 1 saturated heterocycles. The fraction of sp³-hybridized carbons (Fsp3) is 0.258. The zero-order chi connectivity index (χ0) is 25.1. The van der Waals surface area contributed by atoms with E-state index < -0.39 is 5.97 Å².